The predicted octanol–water partition coefficient (Wildman–Crippen LogP) is 5.33. The number of nitrogens with one attached hydrogen (secondary N) is 3. The number of imide groups is 1. The summed E-state index contributed by atoms with van der Waals surface area (Å²) in [7, 11) is 0. The van der Waals surface area contributed by atoms with E-state index in [0.29, 0.717) is 16.8 Å². The molecule has 0 aliphatic carbocycles. The molecule has 0 bridgehead atoms. The van der Waals surface area contributed by atoms with E-state index in [0.717, 1.165) is 24.3 Å². The monoisotopic (exact) mass is 463 g/mol. The molecule has 1 aromatic heterocycles. The summed E-state index contributed by atoms with van der Waals surface area (Å²) < 4.78 is 15.2. The second-order valence-electron chi connectivity index (χ2n) is 8.53. The van der Waals surface area contributed by atoms with Crippen LogP contribution in [0.15, 0.2) is 54.7 Å². The van der Waals surface area contributed by atoms with E-state index in [4.69, 9.17) is 5.10 Å². The maximum Gasteiger partial charge on any atom is 0.322 e. The first-order valence-electron chi connectivity index (χ1n) is 11.9. The molecule has 0 saturated carbocycles. The highest BCUT2D eigenvalue weighted by Crippen LogP contribution is 2.30. The van der Waals surface area contributed by atoms with E-state index >= 15 is 0 Å². The molecule has 2 heterocycles. The fourth-order valence-corrected chi connectivity index (χ4v) is 4.10. The highest BCUT2D eigenvalue weighted by molar-refractivity contribution is 6.05. The molecule has 1 saturated heterocycles. The van der Waals surface area contributed by atoms with Crippen molar-refractivity contribution >= 4 is 17.6 Å². The molecule has 0 spiro atoms. The second kappa shape index (κ2) is 11.0. The second-order valence-corrected chi connectivity index (χ2v) is 8.53. The minimum Gasteiger partial charge on any atom is -0.385 e. The minimum atomic E-state index is -0.865. The lowest BCUT2D eigenvalue weighted by Gasteiger charge is -2.09. The Morgan fingerprint density at radius 3 is 2.53 bits per heavy atom. The third kappa shape index (κ3) is 5.62. The molecule has 1 atom stereocenters. The van der Waals surface area contributed by atoms with Gasteiger partial charge in [0, 0.05) is 29.6 Å². The van der Waals surface area contributed by atoms with Crippen LogP contribution in [0.5, 0.6) is 0 Å². The smallest absolute Gasteiger partial charge is 0.322 e. The van der Waals surface area contributed by atoms with E-state index in [1.807, 2.05) is 24.3 Å². The average Bonchev–Trinajstić information content (AvgIpc) is 3.42. The molecule has 3 amide bonds. The van der Waals surface area contributed by atoms with Crippen molar-refractivity contribution in [1.82, 2.24) is 20.4 Å². The molecule has 1 aliphatic rings. The van der Waals surface area contributed by atoms with Crippen molar-refractivity contribution < 1.29 is 14.0 Å². The number of benzene rings is 2. The van der Waals surface area contributed by atoms with Gasteiger partial charge in [-0.15, -0.1) is 0 Å². The van der Waals surface area contributed by atoms with E-state index < -0.39 is 18.0 Å². The summed E-state index contributed by atoms with van der Waals surface area (Å²) in [4.78, 5) is 24.1. The molecule has 8 heteroatoms. The predicted molar refractivity (Wildman–Crippen MR) is 130 cm³/mol. The standard InChI is InChI=1S/C26H30FN5O2/c1-2-3-4-5-6-7-15-28-20-9-8-10-21(16-20)32-17-22(24-25(33)30-26(34)29-24)23(31-32)18-11-13-19(27)14-12-18/h8-14,16-17,24,28H,2-7,15H2,1H3,(H2,29,30,33,34). The van der Waals surface area contributed by atoms with Gasteiger partial charge >= 0.3 is 6.03 Å². The number of amides is 3. The molecule has 1 unspecified atom stereocenters. The molecular formula is C26H30FN5O2. The number of carbonyl (C=O) groups is 2. The first kappa shape index (κ1) is 23.5. The van der Waals surface area contributed by atoms with Gasteiger partial charge in [-0.2, -0.15) is 5.10 Å². The minimum absolute atomic E-state index is 0.360. The van der Waals surface area contributed by atoms with Crippen LogP contribution in [-0.2, 0) is 4.79 Å². The van der Waals surface area contributed by atoms with Crippen LogP contribution in [0.4, 0.5) is 14.9 Å². The molecule has 178 valence electrons. The lowest BCUT2D eigenvalue weighted by atomic mass is 10.0. The third-order valence-electron chi connectivity index (χ3n) is 5.92. The Labute approximate surface area is 198 Å². The quantitative estimate of drug-likeness (QED) is 0.265. The number of aromatic nitrogens is 2. The van der Waals surface area contributed by atoms with E-state index in [1.54, 1.807) is 23.0 Å². The van der Waals surface area contributed by atoms with Crippen molar-refractivity contribution in [2.24, 2.45) is 0 Å². The summed E-state index contributed by atoms with van der Waals surface area (Å²) in [6.45, 7) is 3.12. The number of unbranched alkanes of at least 4 members (excludes halogenated alkanes) is 5. The Bertz CT molecular complexity index is 1140. The lowest BCUT2D eigenvalue weighted by molar-refractivity contribution is -0.120. The maximum atomic E-state index is 13.5. The Morgan fingerprint density at radius 1 is 1.03 bits per heavy atom. The molecule has 3 aromatic rings. The van der Waals surface area contributed by atoms with Crippen molar-refractivity contribution in [3.05, 3.63) is 66.1 Å². The van der Waals surface area contributed by atoms with E-state index in [2.05, 4.69) is 22.9 Å². The normalized spacial score (nSPS) is 15.3. The summed E-state index contributed by atoms with van der Waals surface area (Å²) in [5.41, 5.74) is 3.50. The molecule has 1 fully saturated rings. The van der Waals surface area contributed by atoms with Gasteiger partial charge in [0.05, 0.1) is 11.4 Å². The van der Waals surface area contributed by atoms with Crippen LogP contribution >= 0.6 is 0 Å². The molecule has 7 nitrogen and oxygen atoms in total. The Kier molecular flexibility index (Phi) is 7.57. The first-order valence-corrected chi connectivity index (χ1v) is 11.9. The molecule has 34 heavy (non-hydrogen) atoms. The van der Waals surface area contributed by atoms with Gasteiger partial charge in [-0.25, -0.2) is 13.9 Å². The number of hydrogen-bond acceptors (Lipinski definition) is 4. The zero-order valence-corrected chi connectivity index (χ0v) is 19.3. The Hall–Kier alpha value is -3.68. The van der Waals surface area contributed by atoms with Gasteiger partial charge in [0.1, 0.15) is 11.9 Å². The average molecular weight is 464 g/mol. The van der Waals surface area contributed by atoms with Crippen molar-refractivity contribution in [2.45, 2.75) is 51.5 Å². The van der Waals surface area contributed by atoms with Crippen LogP contribution in [0, 0.1) is 5.82 Å². The SMILES string of the molecule is CCCCCCCCNc1cccc(-n2cc(C3NC(=O)NC3=O)c(-c3ccc(F)cc3)n2)c1. The summed E-state index contributed by atoms with van der Waals surface area (Å²) in [5, 5.41) is 13.1. The maximum absolute atomic E-state index is 13.5. The number of rotatable bonds is 11. The molecule has 4 rings (SSSR count). The summed E-state index contributed by atoms with van der Waals surface area (Å²) in [6.07, 6.45) is 9.18. The fraction of sp³-hybridized carbons (Fsp3) is 0.346. The topological polar surface area (TPSA) is 88.0 Å². The summed E-state index contributed by atoms with van der Waals surface area (Å²) in [6, 6.07) is 12.4. The van der Waals surface area contributed by atoms with Crippen molar-refractivity contribution in [3.8, 4) is 16.9 Å². The van der Waals surface area contributed by atoms with E-state index in [9.17, 15) is 14.0 Å². The van der Waals surface area contributed by atoms with Crippen LogP contribution in [0.25, 0.3) is 16.9 Å². The van der Waals surface area contributed by atoms with Gasteiger partial charge in [0.2, 0.25) is 0 Å². The Balaban J connectivity index is 1.54. The summed E-state index contributed by atoms with van der Waals surface area (Å²) in [5.74, 6) is -0.803. The number of carbonyl (C=O) groups excluding carboxylic acids is 2. The Morgan fingerprint density at radius 2 is 1.79 bits per heavy atom. The van der Waals surface area contributed by atoms with Gasteiger partial charge in [-0.3, -0.25) is 10.1 Å². The van der Waals surface area contributed by atoms with Crippen molar-refractivity contribution in [2.75, 3.05) is 11.9 Å². The van der Waals surface area contributed by atoms with Gasteiger partial charge < -0.3 is 10.6 Å². The number of hydrogen-bond donors (Lipinski definition) is 3. The van der Waals surface area contributed by atoms with E-state index in [1.165, 1.54) is 44.2 Å². The molecule has 2 aromatic carbocycles. The largest absolute Gasteiger partial charge is 0.385 e. The zero-order chi connectivity index (χ0) is 23.9. The van der Waals surface area contributed by atoms with Crippen LogP contribution < -0.4 is 16.0 Å². The lowest BCUT2D eigenvalue weighted by Crippen LogP contribution is -2.22. The molecular weight excluding hydrogens is 433 g/mol. The van der Waals surface area contributed by atoms with Gasteiger partial charge in [0.25, 0.3) is 5.91 Å². The zero-order valence-electron chi connectivity index (χ0n) is 19.3. The van der Waals surface area contributed by atoms with Crippen LogP contribution in [0.2, 0.25) is 0 Å². The van der Waals surface area contributed by atoms with Gasteiger partial charge in [-0.1, -0.05) is 45.1 Å². The number of halogens is 1. The fourth-order valence-electron chi connectivity index (χ4n) is 4.10. The van der Waals surface area contributed by atoms with Crippen LogP contribution in [0.1, 0.15) is 57.1 Å². The van der Waals surface area contributed by atoms with Crippen LogP contribution in [-0.4, -0.2) is 28.3 Å². The van der Waals surface area contributed by atoms with Crippen molar-refractivity contribution in [3.63, 3.8) is 0 Å². The van der Waals surface area contributed by atoms with E-state index in [-0.39, 0.29) is 5.82 Å². The highest BCUT2D eigenvalue weighted by Gasteiger charge is 2.34. The number of nitrogens with zero attached hydrogens (tertiary/aromatic N) is 2. The number of anilines is 1. The van der Waals surface area contributed by atoms with Gasteiger partial charge in [0.15, 0.2) is 0 Å². The van der Waals surface area contributed by atoms with Crippen molar-refractivity contribution in [1.29, 1.82) is 0 Å². The molecule has 3 N–H and O–H groups in total. The van der Waals surface area contributed by atoms with Gasteiger partial charge in [-0.05, 0) is 48.9 Å². The molecule has 1 aliphatic heterocycles. The first-order chi connectivity index (χ1) is 16.5. The highest BCUT2D eigenvalue weighted by atomic mass is 19.1. The number of urea groups is 1. The van der Waals surface area contributed by atoms with Crippen LogP contribution in [0.3, 0.4) is 0 Å². The molecule has 0 radical (unpaired) electrons. The third-order valence-corrected chi connectivity index (χ3v) is 5.92. The summed E-state index contributed by atoms with van der Waals surface area (Å²) >= 11 is 0.